The number of benzene rings is 1. The van der Waals surface area contributed by atoms with Crippen molar-refractivity contribution in [3.05, 3.63) is 59.4 Å². The van der Waals surface area contributed by atoms with Crippen LogP contribution in [0, 0.1) is 19.8 Å². The molecular weight excluding hydrogens is 378 g/mol. The van der Waals surface area contributed by atoms with Gasteiger partial charge in [-0.1, -0.05) is 13.0 Å². The average Bonchev–Trinajstić information content (AvgIpc) is 3.18. The normalized spacial score (nSPS) is 26.0. The van der Waals surface area contributed by atoms with Gasteiger partial charge in [-0.2, -0.15) is 0 Å². The fourth-order valence-corrected chi connectivity index (χ4v) is 4.57. The number of likely N-dealkylation sites (tertiary alicyclic amines) is 1. The smallest absolute Gasteiger partial charge is 0.253 e. The summed E-state index contributed by atoms with van der Waals surface area (Å²) in [6.45, 7) is 7.49. The summed E-state index contributed by atoms with van der Waals surface area (Å²) < 4.78 is 6.33. The molecule has 6 heteroatoms. The van der Waals surface area contributed by atoms with Crippen LogP contribution in [0.1, 0.15) is 47.7 Å². The third kappa shape index (κ3) is 3.97. The van der Waals surface area contributed by atoms with Crippen LogP contribution >= 0.6 is 0 Å². The van der Waals surface area contributed by atoms with Gasteiger partial charge in [-0.05, 0) is 68.5 Å². The number of amides is 2. The second kappa shape index (κ2) is 8.19. The Morgan fingerprint density at radius 1 is 1.20 bits per heavy atom. The van der Waals surface area contributed by atoms with E-state index in [2.05, 4.69) is 24.1 Å². The first-order valence-electron chi connectivity index (χ1n) is 10.6. The van der Waals surface area contributed by atoms with Crippen molar-refractivity contribution < 1.29 is 14.3 Å². The summed E-state index contributed by atoms with van der Waals surface area (Å²) in [5.41, 5.74) is 3.39. The first-order valence-corrected chi connectivity index (χ1v) is 10.6. The largest absolute Gasteiger partial charge is 0.362 e. The topological polar surface area (TPSA) is 71.5 Å². The van der Waals surface area contributed by atoms with Crippen molar-refractivity contribution in [1.29, 1.82) is 0 Å². The summed E-state index contributed by atoms with van der Waals surface area (Å²) in [7, 11) is 0. The fraction of sp³-hybridized carbons (Fsp3) is 0.458. The van der Waals surface area contributed by atoms with Gasteiger partial charge >= 0.3 is 0 Å². The van der Waals surface area contributed by atoms with Crippen molar-refractivity contribution in [3.63, 3.8) is 0 Å². The minimum absolute atomic E-state index is 0.0728. The molecule has 1 N–H and O–H groups in total. The van der Waals surface area contributed by atoms with Crippen molar-refractivity contribution in [1.82, 2.24) is 9.88 Å². The number of anilines is 1. The molecule has 158 valence electrons. The third-order valence-corrected chi connectivity index (χ3v) is 6.67. The maximum Gasteiger partial charge on any atom is 0.253 e. The van der Waals surface area contributed by atoms with E-state index in [-0.39, 0.29) is 23.3 Å². The molecule has 0 radical (unpaired) electrons. The maximum absolute atomic E-state index is 13.0. The van der Waals surface area contributed by atoms with Crippen LogP contribution < -0.4 is 5.32 Å². The number of ether oxygens (including phenoxy) is 1. The lowest BCUT2D eigenvalue weighted by atomic mass is 9.80. The Morgan fingerprint density at radius 2 is 2.03 bits per heavy atom. The van der Waals surface area contributed by atoms with Gasteiger partial charge in [0.1, 0.15) is 6.10 Å². The van der Waals surface area contributed by atoms with Crippen LogP contribution in [0.4, 0.5) is 5.69 Å². The molecule has 1 aromatic heterocycles. The van der Waals surface area contributed by atoms with Crippen LogP contribution in [0.25, 0.3) is 0 Å². The summed E-state index contributed by atoms with van der Waals surface area (Å²) in [5.74, 6) is 0.113. The number of hydrogen-bond acceptors (Lipinski definition) is 4. The van der Waals surface area contributed by atoms with Gasteiger partial charge in [0.25, 0.3) is 11.8 Å². The number of nitrogens with one attached hydrogen (secondary N) is 1. The van der Waals surface area contributed by atoms with Gasteiger partial charge in [0.2, 0.25) is 0 Å². The van der Waals surface area contributed by atoms with E-state index in [1.807, 2.05) is 36.1 Å². The third-order valence-electron chi connectivity index (χ3n) is 6.67. The molecule has 2 aromatic rings. The predicted octanol–water partition coefficient (Wildman–Crippen LogP) is 3.74. The Balaban J connectivity index is 1.38. The highest BCUT2D eigenvalue weighted by molar-refractivity contribution is 5.95. The van der Waals surface area contributed by atoms with E-state index in [0.717, 1.165) is 24.0 Å². The van der Waals surface area contributed by atoms with Crippen LogP contribution in [0.3, 0.4) is 0 Å². The summed E-state index contributed by atoms with van der Waals surface area (Å²) >= 11 is 0. The molecule has 0 aliphatic carbocycles. The van der Waals surface area contributed by atoms with Crippen LogP contribution in [0.2, 0.25) is 0 Å². The van der Waals surface area contributed by atoms with E-state index >= 15 is 0 Å². The van der Waals surface area contributed by atoms with Crippen LogP contribution in [-0.4, -0.2) is 46.5 Å². The highest BCUT2D eigenvalue weighted by atomic mass is 16.5. The summed E-state index contributed by atoms with van der Waals surface area (Å²) in [4.78, 5) is 31.6. The molecule has 2 aliphatic heterocycles. The molecule has 1 aromatic carbocycles. The number of hydrogen-bond donors (Lipinski definition) is 1. The van der Waals surface area contributed by atoms with Crippen LogP contribution in [-0.2, 0) is 9.53 Å². The Labute approximate surface area is 177 Å². The predicted molar refractivity (Wildman–Crippen MR) is 115 cm³/mol. The van der Waals surface area contributed by atoms with Crippen LogP contribution in [0.15, 0.2) is 42.7 Å². The second-order valence-electron chi connectivity index (χ2n) is 8.64. The quantitative estimate of drug-likeness (QED) is 0.841. The second-order valence-corrected chi connectivity index (χ2v) is 8.64. The Morgan fingerprint density at radius 3 is 2.73 bits per heavy atom. The lowest BCUT2D eigenvalue weighted by Crippen LogP contribution is -2.52. The Bertz CT molecular complexity index is 946. The molecule has 0 bridgehead atoms. The molecule has 6 nitrogen and oxygen atoms in total. The Kier molecular flexibility index (Phi) is 5.60. The average molecular weight is 408 g/mol. The van der Waals surface area contributed by atoms with Gasteiger partial charge in [0.15, 0.2) is 0 Å². The van der Waals surface area contributed by atoms with Crippen molar-refractivity contribution in [3.8, 4) is 0 Å². The zero-order valence-electron chi connectivity index (χ0n) is 17.9. The SMILES string of the molecule is Cc1ccc(C(=O)N2CCC3(CCC(C(=O)Nc4cccnc4)O3)C(C)C2)cc1C. The number of carbonyl (C=O) groups is 2. The molecule has 2 saturated heterocycles. The molecule has 3 heterocycles. The van der Waals surface area contributed by atoms with Crippen LogP contribution in [0.5, 0.6) is 0 Å². The number of aromatic nitrogens is 1. The minimum atomic E-state index is -0.463. The van der Waals surface area contributed by atoms with E-state index < -0.39 is 6.10 Å². The molecule has 2 amide bonds. The van der Waals surface area contributed by atoms with E-state index in [1.54, 1.807) is 18.5 Å². The lowest BCUT2D eigenvalue weighted by Gasteiger charge is -2.44. The lowest BCUT2D eigenvalue weighted by molar-refractivity contribution is -0.141. The van der Waals surface area contributed by atoms with Gasteiger partial charge in [0, 0.05) is 30.8 Å². The van der Waals surface area contributed by atoms with Crippen molar-refractivity contribution in [2.45, 2.75) is 51.7 Å². The van der Waals surface area contributed by atoms with Gasteiger partial charge in [-0.15, -0.1) is 0 Å². The van der Waals surface area contributed by atoms with Gasteiger partial charge in [-0.3, -0.25) is 14.6 Å². The molecule has 2 fully saturated rings. The summed E-state index contributed by atoms with van der Waals surface area (Å²) in [6.07, 6.45) is 5.12. The van der Waals surface area contributed by atoms with Gasteiger partial charge in [0.05, 0.1) is 17.5 Å². The zero-order valence-corrected chi connectivity index (χ0v) is 17.9. The first kappa shape index (κ1) is 20.5. The molecular formula is C24H29N3O3. The maximum atomic E-state index is 13.0. The number of pyridine rings is 1. The molecule has 0 saturated carbocycles. The molecule has 30 heavy (non-hydrogen) atoms. The van der Waals surface area contributed by atoms with Crippen molar-refractivity contribution in [2.24, 2.45) is 5.92 Å². The fourth-order valence-electron chi connectivity index (χ4n) is 4.57. The Hall–Kier alpha value is -2.73. The van der Waals surface area contributed by atoms with E-state index in [4.69, 9.17) is 4.74 Å². The minimum Gasteiger partial charge on any atom is -0.362 e. The van der Waals surface area contributed by atoms with Gasteiger partial charge in [-0.25, -0.2) is 0 Å². The molecule has 3 atom stereocenters. The summed E-state index contributed by atoms with van der Waals surface area (Å²) in [6, 6.07) is 9.48. The number of rotatable bonds is 3. The number of carbonyl (C=O) groups excluding carboxylic acids is 2. The first-order chi connectivity index (χ1) is 14.4. The standard InChI is InChI=1S/C24H29N3O3/c1-16-6-7-19(13-17(16)2)23(29)27-12-10-24(18(3)15-27)9-8-21(30-24)22(28)26-20-5-4-11-25-14-20/h4-7,11,13-14,18,21H,8-10,12,15H2,1-3H3,(H,26,28). The van der Waals surface area contributed by atoms with E-state index in [9.17, 15) is 9.59 Å². The number of nitrogens with zero attached hydrogens (tertiary/aromatic N) is 2. The monoisotopic (exact) mass is 407 g/mol. The van der Waals surface area contributed by atoms with E-state index in [1.165, 1.54) is 5.56 Å². The highest BCUT2D eigenvalue weighted by Crippen LogP contribution is 2.42. The number of piperidine rings is 1. The summed E-state index contributed by atoms with van der Waals surface area (Å²) in [5, 5.41) is 2.89. The zero-order chi connectivity index (χ0) is 21.3. The highest BCUT2D eigenvalue weighted by Gasteiger charge is 2.49. The van der Waals surface area contributed by atoms with E-state index in [0.29, 0.717) is 25.2 Å². The van der Waals surface area contributed by atoms with Crippen molar-refractivity contribution in [2.75, 3.05) is 18.4 Å². The number of aryl methyl sites for hydroxylation is 2. The van der Waals surface area contributed by atoms with Gasteiger partial charge < -0.3 is 15.0 Å². The molecule has 4 rings (SSSR count). The molecule has 2 aliphatic rings. The molecule has 3 unspecified atom stereocenters. The molecule has 1 spiro atoms. The van der Waals surface area contributed by atoms with Crippen molar-refractivity contribution >= 4 is 17.5 Å².